The van der Waals surface area contributed by atoms with Gasteiger partial charge < -0.3 is 9.80 Å². The summed E-state index contributed by atoms with van der Waals surface area (Å²) in [6.45, 7) is 6.40. The fraction of sp³-hybridized carbons (Fsp3) is 0.529. The van der Waals surface area contributed by atoms with Gasteiger partial charge in [0.05, 0.1) is 0 Å². The molecule has 1 heterocycles. The third-order valence-electron chi connectivity index (χ3n) is 4.38. The van der Waals surface area contributed by atoms with E-state index in [1.807, 2.05) is 0 Å². The molecular weight excluding hydrogens is 361 g/mol. The molecule has 2 rings (SSSR count). The van der Waals surface area contributed by atoms with Crippen LogP contribution < -0.4 is 4.72 Å². The Bertz CT molecular complexity index is 774. The molecule has 0 saturated carbocycles. The summed E-state index contributed by atoms with van der Waals surface area (Å²) in [5, 5.41) is 0. The summed E-state index contributed by atoms with van der Waals surface area (Å²) >= 11 is 0. The van der Waals surface area contributed by atoms with E-state index in [0.29, 0.717) is 26.2 Å². The van der Waals surface area contributed by atoms with Gasteiger partial charge in [0.25, 0.3) is 0 Å². The predicted molar refractivity (Wildman–Crippen MR) is 94.2 cm³/mol. The minimum Gasteiger partial charge on any atom is -0.339 e. The van der Waals surface area contributed by atoms with Crippen LogP contribution in [-0.4, -0.2) is 62.3 Å². The number of piperazine rings is 1. The van der Waals surface area contributed by atoms with E-state index in [2.05, 4.69) is 4.72 Å². The number of carbonyl (C=O) groups excluding carboxylic acids is 2. The van der Waals surface area contributed by atoms with Crippen LogP contribution in [0.1, 0.15) is 20.8 Å². The van der Waals surface area contributed by atoms with Crippen molar-refractivity contribution in [3.63, 3.8) is 0 Å². The van der Waals surface area contributed by atoms with Crippen molar-refractivity contribution in [3.8, 4) is 0 Å². The number of halogens is 1. The van der Waals surface area contributed by atoms with E-state index in [1.54, 1.807) is 18.7 Å². The van der Waals surface area contributed by atoms with E-state index in [4.69, 9.17) is 0 Å². The van der Waals surface area contributed by atoms with Crippen LogP contribution >= 0.6 is 0 Å². The molecule has 1 fully saturated rings. The smallest absolute Gasteiger partial charge is 0.244 e. The van der Waals surface area contributed by atoms with Gasteiger partial charge >= 0.3 is 0 Å². The van der Waals surface area contributed by atoms with Gasteiger partial charge in [0.2, 0.25) is 21.8 Å². The number of carbonyl (C=O) groups is 2. The molecule has 1 saturated heterocycles. The van der Waals surface area contributed by atoms with Gasteiger partial charge in [0.1, 0.15) is 16.8 Å². The Hall–Kier alpha value is -2.00. The fourth-order valence-electron chi connectivity index (χ4n) is 2.80. The summed E-state index contributed by atoms with van der Waals surface area (Å²) < 4.78 is 41.2. The Balaban J connectivity index is 2.15. The zero-order chi connectivity index (χ0) is 19.5. The molecule has 7 nitrogen and oxygen atoms in total. The van der Waals surface area contributed by atoms with Crippen LogP contribution in [0.5, 0.6) is 0 Å². The van der Waals surface area contributed by atoms with Gasteiger partial charge in [0.15, 0.2) is 0 Å². The topological polar surface area (TPSA) is 86.8 Å². The molecule has 1 aromatic carbocycles. The zero-order valence-electron chi connectivity index (χ0n) is 15.1. The molecule has 9 heteroatoms. The minimum absolute atomic E-state index is 0.0576. The second kappa shape index (κ2) is 8.13. The van der Waals surface area contributed by atoms with Crippen LogP contribution in [0.4, 0.5) is 4.39 Å². The summed E-state index contributed by atoms with van der Waals surface area (Å²) in [7, 11) is -4.18. The lowest BCUT2D eigenvalue weighted by atomic mass is 10.0. The first kappa shape index (κ1) is 20.3. The molecule has 0 aliphatic carbocycles. The quantitative estimate of drug-likeness (QED) is 0.813. The lowest BCUT2D eigenvalue weighted by Gasteiger charge is -2.36. The van der Waals surface area contributed by atoms with E-state index >= 15 is 0 Å². The molecule has 144 valence electrons. The molecular formula is C17H24FN3O4S. The minimum atomic E-state index is -4.18. The second-order valence-corrected chi connectivity index (χ2v) is 8.29. The average molecular weight is 385 g/mol. The van der Waals surface area contributed by atoms with Gasteiger partial charge in [-0.25, -0.2) is 12.8 Å². The molecule has 1 aliphatic rings. The van der Waals surface area contributed by atoms with Crippen molar-refractivity contribution in [1.82, 2.24) is 14.5 Å². The van der Waals surface area contributed by atoms with E-state index < -0.39 is 26.8 Å². The van der Waals surface area contributed by atoms with Gasteiger partial charge in [0, 0.05) is 33.1 Å². The molecule has 1 N–H and O–H groups in total. The molecule has 0 bridgehead atoms. The predicted octanol–water partition coefficient (Wildman–Crippen LogP) is 0.819. The van der Waals surface area contributed by atoms with E-state index in [0.717, 1.165) is 12.1 Å². The third-order valence-corrected chi connectivity index (χ3v) is 5.85. The Morgan fingerprint density at radius 3 is 2.12 bits per heavy atom. The lowest BCUT2D eigenvalue weighted by Crippen LogP contribution is -2.56. The number of nitrogens with zero attached hydrogens (tertiary/aromatic N) is 2. The SMILES string of the molecule is CC(=O)N1CCN(C(=O)C(NS(=O)(=O)c2ccccc2F)C(C)C)CC1. The van der Waals surface area contributed by atoms with Crippen LogP contribution in [0.2, 0.25) is 0 Å². The Morgan fingerprint density at radius 1 is 1.08 bits per heavy atom. The summed E-state index contributed by atoms with van der Waals surface area (Å²) in [6.07, 6.45) is 0. The molecule has 0 aromatic heterocycles. The Labute approximate surface area is 153 Å². The Kier molecular flexibility index (Phi) is 6.35. The third kappa shape index (κ3) is 4.59. The molecule has 1 unspecified atom stereocenters. The van der Waals surface area contributed by atoms with Crippen LogP contribution in [0, 0.1) is 11.7 Å². The van der Waals surface area contributed by atoms with Crippen molar-refractivity contribution >= 4 is 21.8 Å². The van der Waals surface area contributed by atoms with E-state index in [9.17, 15) is 22.4 Å². The summed E-state index contributed by atoms with van der Waals surface area (Å²) in [4.78, 5) is 26.9. The number of sulfonamides is 1. The van der Waals surface area contributed by atoms with Crippen LogP contribution in [-0.2, 0) is 19.6 Å². The Morgan fingerprint density at radius 2 is 1.62 bits per heavy atom. The van der Waals surface area contributed by atoms with Crippen molar-refractivity contribution < 1.29 is 22.4 Å². The van der Waals surface area contributed by atoms with Gasteiger partial charge in [-0.05, 0) is 18.1 Å². The first-order valence-corrected chi connectivity index (χ1v) is 9.93. The highest BCUT2D eigenvalue weighted by Gasteiger charge is 2.34. The number of nitrogens with one attached hydrogen (secondary N) is 1. The van der Waals surface area contributed by atoms with Crippen LogP contribution in [0.25, 0.3) is 0 Å². The van der Waals surface area contributed by atoms with Gasteiger partial charge in [-0.3, -0.25) is 9.59 Å². The van der Waals surface area contributed by atoms with E-state index in [-0.39, 0.29) is 17.7 Å². The standard InChI is InChI=1S/C17H24FN3O4S/c1-12(2)16(17(23)21-10-8-20(9-11-21)13(3)22)19-26(24,25)15-7-5-4-6-14(15)18/h4-7,12,16,19H,8-11H2,1-3H3. The highest BCUT2D eigenvalue weighted by atomic mass is 32.2. The maximum Gasteiger partial charge on any atom is 0.244 e. The maximum atomic E-state index is 13.9. The highest BCUT2D eigenvalue weighted by molar-refractivity contribution is 7.89. The van der Waals surface area contributed by atoms with E-state index in [1.165, 1.54) is 24.0 Å². The largest absolute Gasteiger partial charge is 0.339 e. The van der Waals surface area contributed by atoms with Crippen molar-refractivity contribution in [2.24, 2.45) is 5.92 Å². The summed E-state index contributed by atoms with van der Waals surface area (Å²) in [6, 6.07) is 4.02. The first-order chi connectivity index (χ1) is 12.1. The average Bonchev–Trinajstić information content (AvgIpc) is 2.59. The van der Waals surface area contributed by atoms with Crippen LogP contribution in [0.3, 0.4) is 0 Å². The van der Waals surface area contributed by atoms with Crippen LogP contribution in [0.15, 0.2) is 29.2 Å². The molecule has 1 aromatic rings. The van der Waals surface area contributed by atoms with Gasteiger partial charge in [-0.1, -0.05) is 26.0 Å². The summed E-state index contributed by atoms with van der Waals surface area (Å²) in [5.74, 6) is -1.62. The fourth-order valence-corrected chi connectivity index (χ4v) is 4.22. The van der Waals surface area contributed by atoms with Gasteiger partial charge in [-0.2, -0.15) is 4.72 Å². The lowest BCUT2D eigenvalue weighted by molar-refractivity contribution is -0.140. The number of amides is 2. The monoisotopic (exact) mass is 385 g/mol. The van der Waals surface area contributed by atoms with Crippen molar-refractivity contribution in [2.45, 2.75) is 31.7 Å². The molecule has 1 aliphatic heterocycles. The molecule has 0 radical (unpaired) electrons. The zero-order valence-corrected chi connectivity index (χ0v) is 15.9. The molecule has 2 amide bonds. The van der Waals surface area contributed by atoms with Crippen molar-refractivity contribution in [3.05, 3.63) is 30.1 Å². The van der Waals surface area contributed by atoms with Gasteiger partial charge in [-0.15, -0.1) is 0 Å². The molecule has 1 atom stereocenters. The first-order valence-electron chi connectivity index (χ1n) is 8.44. The molecule has 0 spiro atoms. The van der Waals surface area contributed by atoms with Crippen molar-refractivity contribution in [2.75, 3.05) is 26.2 Å². The maximum absolute atomic E-state index is 13.9. The second-order valence-electron chi connectivity index (χ2n) is 6.60. The number of benzene rings is 1. The molecule has 26 heavy (non-hydrogen) atoms. The van der Waals surface area contributed by atoms with Crippen molar-refractivity contribution in [1.29, 1.82) is 0 Å². The number of hydrogen-bond acceptors (Lipinski definition) is 4. The normalized spacial score (nSPS) is 16.7. The summed E-state index contributed by atoms with van der Waals surface area (Å²) in [5.41, 5.74) is 0. The number of hydrogen-bond donors (Lipinski definition) is 1. The number of rotatable bonds is 5. The highest BCUT2D eigenvalue weighted by Crippen LogP contribution is 2.17.